The van der Waals surface area contributed by atoms with Crippen LogP contribution in [0.3, 0.4) is 0 Å². The van der Waals surface area contributed by atoms with Crippen LogP contribution in [0, 0.1) is 0 Å². The van der Waals surface area contributed by atoms with Crippen molar-refractivity contribution in [2.24, 2.45) is 0 Å². The van der Waals surface area contributed by atoms with Crippen LogP contribution in [0.1, 0.15) is 16.7 Å². The monoisotopic (exact) mass is 249 g/mol. The second-order valence-corrected chi connectivity index (χ2v) is 3.73. The lowest BCUT2D eigenvalue weighted by Gasteiger charge is -2.05. The van der Waals surface area contributed by atoms with Gasteiger partial charge in [-0.25, -0.2) is 0 Å². The van der Waals surface area contributed by atoms with Gasteiger partial charge in [-0.1, -0.05) is 24.3 Å². The van der Waals surface area contributed by atoms with Crippen LogP contribution in [-0.4, -0.2) is 4.98 Å². The minimum atomic E-state index is -4.28. The van der Waals surface area contributed by atoms with Crippen LogP contribution >= 0.6 is 0 Å². The molecule has 1 aromatic carbocycles. The Labute approximate surface area is 103 Å². The molecule has 0 N–H and O–H groups in total. The van der Waals surface area contributed by atoms with E-state index in [0.717, 1.165) is 23.3 Å². The summed E-state index contributed by atoms with van der Waals surface area (Å²) in [7, 11) is 0. The second-order valence-electron chi connectivity index (χ2n) is 3.73. The maximum Gasteiger partial charge on any atom is 0.416 e. The first kappa shape index (κ1) is 12.4. The minimum Gasteiger partial charge on any atom is -0.265 e. The van der Waals surface area contributed by atoms with Crippen molar-refractivity contribution in [3.8, 4) is 0 Å². The molecular weight excluding hydrogens is 239 g/mol. The molecule has 4 heteroatoms. The number of pyridine rings is 1. The lowest BCUT2D eigenvalue weighted by Crippen LogP contribution is -2.03. The highest BCUT2D eigenvalue weighted by atomic mass is 19.4. The normalized spacial score (nSPS) is 11.9. The van der Waals surface area contributed by atoms with Crippen LogP contribution in [0.2, 0.25) is 0 Å². The molecular formula is C14H10F3N. The molecule has 0 atom stereocenters. The Morgan fingerprint density at radius 2 is 1.28 bits per heavy atom. The number of nitrogens with zero attached hydrogens (tertiary/aromatic N) is 1. The van der Waals surface area contributed by atoms with Crippen molar-refractivity contribution in [1.82, 2.24) is 4.98 Å². The van der Waals surface area contributed by atoms with E-state index in [-0.39, 0.29) is 0 Å². The van der Waals surface area contributed by atoms with Crippen molar-refractivity contribution in [3.05, 3.63) is 65.5 Å². The van der Waals surface area contributed by atoms with Gasteiger partial charge in [0, 0.05) is 12.4 Å². The van der Waals surface area contributed by atoms with Crippen molar-refractivity contribution >= 4 is 12.2 Å². The molecule has 0 aliphatic heterocycles. The lowest BCUT2D eigenvalue weighted by molar-refractivity contribution is -0.137. The summed E-state index contributed by atoms with van der Waals surface area (Å²) in [6.45, 7) is 0. The van der Waals surface area contributed by atoms with Crippen LogP contribution in [0.25, 0.3) is 12.2 Å². The Morgan fingerprint density at radius 1 is 0.778 bits per heavy atom. The van der Waals surface area contributed by atoms with E-state index in [2.05, 4.69) is 4.98 Å². The molecule has 0 amide bonds. The van der Waals surface area contributed by atoms with Crippen molar-refractivity contribution in [2.75, 3.05) is 0 Å². The molecule has 0 radical (unpaired) electrons. The number of hydrogen-bond acceptors (Lipinski definition) is 1. The summed E-state index contributed by atoms with van der Waals surface area (Å²) in [6.07, 6.45) is 2.62. The Hall–Kier alpha value is -2.10. The van der Waals surface area contributed by atoms with Crippen LogP contribution in [0.5, 0.6) is 0 Å². The fraction of sp³-hybridized carbons (Fsp3) is 0.0714. The van der Waals surface area contributed by atoms with Crippen LogP contribution < -0.4 is 0 Å². The average molecular weight is 249 g/mol. The molecule has 1 nitrogen and oxygen atoms in total. The molecule has 0 aliphatic carbocycles. The van der Waals surface area contributed by atoms with Crippen molar-refractivity contribution in [3.63, 3.8) is 0 Å². The molecule has 0 fully saturated rings. The topological polar surface area (TPSA) is 12.9 Å². The molecule has 1 heterocycles. The number of benzene rings is 1. The molecule has 2 rings (SSSR count). The average Bonchev–Trinajstić information content (AvgIpc) is 2.37. The zero-order valence-corrected chi connectivity index (χ0v) is 9.35. The largest absolute Gasteiger partial charge is 0.416 e. The number of rotatable bonds is 2. The predicted molar refractivity (Wildman–Crippen MR) is 64.6 cm³/mol. The Balaban J connectivity index is 2.14. The van der Waals surface area contributed by atoms with Gasteiger partial charge in [0.1, 0.15) is 0 Å². The van der Waals surface area contributed by atoms with Gasteiger partial charge in [0.25, 0.3) is 0 Å². The molecule has 1 aromatic heterocycles. The molecule has 0 spiro atoms. The maximum atomic E-state index is 12.3. The summed E-state index contributed by atoms with van der Waals surface area (Å²) in [5, 5.41) is 0. The molecule has 0 saturated heterocycles. The van der Waals surface area contributed by atoms with E-state index in [1.807, 2.05) is 18.2 Å². The molecule has 0 unspecified atom stereocenters. The Kier molecular flexibility index (Phi) is 3.46. The number of halogens is 3. The summed E-state index contributed by atoms with van der Waals surface area (Å²) in [6, 6.07) is 8.68. The smallest absolute Gasteiger partial charge is 0.265 e. The van der Waals surface area contributed by atoms with Gasteiger partial charge in [-0.15, -0.1) is 0 Å². The van der Waals surface area contributed by atoms with Gasteiger partial charge in [-0.3, -0.25) is 4.98 Å². The van der Waals surface area contributed by atoms with E-state index in [9.17, 15) is 13.2 Å². The molecule has 18 heavy (non-hydrogen) atoms. The Morgan fingerprint density at radius 3 is 1.78 bits per heavy atom. The number of alkyl halides is 3. The summed E-state index contributed by atoms with van der Waals surface area (Å²) in [5.41, 5.74) is 1.04. The number of hydrogen-bond donors (Lipinski definition) is 0. The zero-order chi connectivity index (χ0) is 13.0. The highest BCUT2D eigenvalue weighted by Crippen LogP contribution is 2.29. The highest BCUT2D eigenvalue weighted by Gasteiger charge is 2.29. The molecule has 0 aliphatic rings. The van der Waals surface area contributed by atoms with Crippen LogP contribution in [0.4, 0.5) is 13.2 Å². The van der Waals surface area contributed by atoms with E-state index in [4.69, 9.17) is 0 Å². The first-order valence-electron chi connectivity index (χ1n) is 5.31. The zero-order valence-electron chi connectivity index (χ0n) is 9.35. The van der Waals surface area contributed by atoms with Gasteiger partial charge >= 0.3 is 6.18 Å². The quantitative estimate of drug-likeness (QED) is 0.774. The van der Waals surface area contributed by atoms with E-state index >= 15 is 0 Å². The van der Waals surface area contributed by atoms with E-state index in [1.165, 1.54) is 12.1 Å². The summed E-state index contributed by atoms with van der Waals surface area (Å²) >= 11 is 0. The SMILES string of the molecule is FC(F)(F)c1ccc(/C=C/c2ccncc2)cc1. The molecule has 2 aromatic rings. The summed E-state index contributed by atoms with van der Waals surface area (Å²) < 4.78 is 37.0. The predicted octanol–water partition coefficient (Wildman–Crippen LogP) is 4.27. The summed E-state index contributed by atoms with van der Waals surface area (Å²) in [5.74, 6) is 0. The van der Waals surface area contributed by atoms with E-state index in [1.54, 1.807) is 18.5 Å². The van der Waals surface area contributed by atoms with Gasteiger partial charge < -0.3 is 0 Å². The van der Waals surface area contributed by atoms with Gasteiger partial charge in [0.15, 0.2) is 0 Å². The lowest BCUT2D eigenvalue weighted by atomic mass is 10.1. The molecule has 92 valence electrons. The Bertz CT molecular complexity index is 527. The van der Waals surface area contributed by atoms with Crippen LogP contribution in [0.15, 0.2) is 48.8 Å². The highest BCUT2D eigenvalue weighted by molar-refractivity contribution is 5.69. The third-order valence-electron chi connectivity index (χ3n) is 2.41. The maximum absolute atomic E-state index is 12.3. The van der Waals surface area contributed by atoms with Gasteiger partial charge in [-0.05, 0) is 35.4 Å². The third kappa shape index (κ3) is 3.20. The van der Waals surface area contributed by atoms with Gasteiger partial charge in [0.2, 0.25) is 0 Å². The van der Waals surface area contributed by atoms with Gasteiger partial charge in [-0.2, -0.15) is 13.2 Å². The van der Waals surface area contributed by atoms with Gasteiger partial charge in [0.05, 0.1) is 5.56 Å². The first-order valence-corrected chi connectivity index (χ1v) is 5.31. The first-order chi connectivity index (χ1) is 8.55. The molecule has 0 bridgehead atoms. The van der Waals surface area contributed by atoms with Crippen molar-refractivity contribution in [2.45, 2.75) is 6.18 Å². The van der Waals surface area contributed by atoms with E-state index < -0.39 is 11.7 Å². The fourth-order valence-corrected chi connectivity index (χ4v) is 1.45. The molecule has 0 saturated carbocycles. The van der Waals surface area contributed by atoms with E-state index in [0.29, 0.717) is 0 Å². The summed E-state index contributed by atoms with van der Waals surface area (Å²) in [4.78, 5) is 3.88. The third-order valence-corrected chi connectivity index (χ3v) is 2.41. The second kappa shape index (κ2) is 5.04. The van der Waals surface area contributed by atoms with Crippen molar-refractivity contribution in [1.29, 1.82) is 0 Å². The minimum absolute atomic E-state index is 0.636. The van der Waals surface area contributed by atoms with Crippen LogP contribution in [-0.2, 0) is 6.18 Å². The fourth-order valence-electron chi connectivity index (χ4n) is 1.45. The standard InChI is InChI=1S/C14H10F3N/c15-14(16,17)13-5-3-11(4-6-13)1-2-12-7-9-18-10-8-12/h1-10H/b2-1+. The number of aromatic nitrogens is 1. The van der Waals surface area contributed by atoms with Crippen molar-refractivity contribution < 1.29 is 13.2 Å².